The molecular weight excluding hydrogens is 320 g/mol. The number of ether oxygens (including phenoxy) is 1. The number of amides is 1. The molecule has 2 aromatic carbocycles. The number of benzene rings is 2. The lowest BCUT2D eigenvalue weighted by Crippen LogP contribution is -2.12. The standard InChI is InChI=1S/C19H18N2O2S/c1-12-7-8-17(23-2)13(9-12)11-24-18-10-15(19(20)22)14-5-3-4-6-16(14)21-18/h3-10H,11H2,1-2H3,(H2,20,22). The Labute approximate surface area is 145 Å². The number of fused-ring (bicyclic) bond motifs is 1. The van der Waals surface area contributed by atoms with Crippen LogP contribution in [-0.2, 0) is 5.75 Å². The first-order valence-corrected chi connectivity index (χ1v) is 8.53. The number of nitrogens with two attached hydrogens (primary N) is 1. The highest BCUT2D eigenvalue weighted by atomic mass is 32.2. The Morgan fingerprint density at radius 1 is 1.21 bits per heavy atom. The molecule has 1 amide bonds. The summed E-state index contributed by atoms with van der Waals surface area (Å²) >= 11 is 1.56. The smallest absolute Gasteiger partial charge is 0.249 e. The minimum absolute atomic E-state index is 0.441. The number of carbonyl (C=O) groups excluding carboxylic acids is 1. The van der Waals surface area contributed by atoms with Crippen molar-refractivity contribution in [2.75, 3.05) is 7.11 Å². The van der Waals surface area contributed by atoms with E-state index in [0.717, 1.165) is 27.2 Å². The van der Waals surface area contributed by atoms with E-state index in [1.54, 1.807) is 24.9 Å². The molecule has 0 bridgehead atoms. The highest BCUT2D eigenvalue weighted by Crippen LogP contribution is 2.30. The van der Waals surface area contributed by atoms with Crippen molar-refractivity contribution >= 4 is 28.6 Å². The van der Waals surface area contributed by atoms with Crippen molar-refractivity contribution in [1.82, 2.24) is 4.98 Å². The second kappa shape index (κ2) is 6.93. The molecule has 3 rings (SSSR count). The minimum atomic E-state index is -0.441. The van der Waals surface area contributed by atoms with E-state index in [-0.39, 0.29) is 0 Å². The number of rotatable bonds is 5. The SMILES string of the molecule is COc1ccc(C)cc1CSc1cc(C(N)=O)c2ccccc2n1. The molecule has 0 aliphatic heterocycles. The van der Waals surface area contributed by atoms with Crippen LogP contribution < -0.4 is 10.5 Å². The van der Waals surface area contributed by atoms with Gasteiger partial charge in [0, 0.05) is 16.7 Å². The van der Waals surface area contributed by atoms with Crippen molar-refractivity contribution in [3.05, 3.63) is 65.2 Å². The summed E-state index contributed by atoms with van der Waals surface area (Å²) in [6.45, 7) is 2.05. The van der Waals surface area contributed by atoms with Crippen molar-refractivity contribution < 1.29 is 9.53 Å². The van der Waals surface area contributed by atoms with Crippen LogP contribution in [-0.4, -0.2) is 18.0 Å². The Balaban J connectivity index is 1.93. The van der Waals surface area contributed by atoms with Crippen LogP contribution in [0.3, 0.4) is 0 Å². The molecule has 1 aromatic heterocycles. The number of para-hydroxylation sites is 1. The van der Waals surface area contributed by atoms with Crippen LogP contribution in [0.15, 0.2) is 53.6 Å². The van der Waals surface area contributed by atoms with Gasteiger partial charge in [0.1, 0.15) is 5.75 Å². The van der Waals surface area contributed by atoms with Gasteiger partial charge in [-0.1, -0.05) is 35.9 Å². The number of aromatic nitrogens is 1. The first-order chi connectivity index (χ1) is 11.6. The molecule has 0 atom stereocenters. The number of nitrogens with zero attached hydrogens (tertiary/aromatic N) is 1. The molecule has 122 valence electrons. The van der Waals surface area contributed by atoms with Gasteiger partial charge in [-0.15, -0.1) is 11.8 Å². The fourth-order valence-corrected chi connectivity index (χ4v) is 3.49. The third kappa shape index (κ3) is 3.36. The molecule has 24 heavy (non-hydrogen) atoms. The molecule has 0 aliphatic carbocycles. The first-order valence-electron chi connectivity index (χ1n) is 7.54. The van der Waals surface area contributed by atoms with E-state index in [9.17, 15) is 4.79 Å². The summed E-state index contributed by atoms with van der Waals surface area (Å²) in [7, 11) is 1.66. The van der Waals surface area contributed by atoms with Crippen LogP contribution in [0, 0.1) is 6.92 Å². The molecular formula is C19H18N2O2S. The highest BCUT2D eigenvalue weighted by Gasteiger charge is 2.11. The van der Waals surface area contributed by atoms with Crippen LogP contribution in [0.4, 0.5) is 0 Å². The number of primary amides is 1. The van der Waals surface area contributed by atoms with Gasteiger partial charge in [0.15, 0.2) is 0 Å². The molecule has 0 saturated heterocycles. The van der Waals surface area contributed by atoms with Crippen molar-refractivity contribution in [3.63, 3.8) is 0 Å². The normalized spacial score (nSPS) is 10.8. The summed E-state index contributed by atoms with van der Waals surface area (Å²) in [6.07, 6.45) is 0. The summed E-state index contributed by atoms with van der Waals surface area (Å²) in [4.78, 5) is 16.4. The van der Waals surface area contributed by atoms with Crippen molar-refractivity contribution in [1.29, 1.82) is 0 Å². The van der Waals surface area contributed by atoms with E-state index in [0.29, 0.717) is 11.3 Å². The molecule has 1 heterocycles. The molecule has 4 nitrogen and oxygen atoms in total. The van der Waals surface area contributed by atoms with Gasteiger partial charge in [0.25, 0.3) is 0 Å². The maximum absolute atomic E-state index is 11.8. The zero-order valence-electron chi connectivity index (χ0n) is 13.6. The lowest BCUT2D eigenvalue weighted by atomic mass is 10.1. The summed E-state index contributed by atoms with van der Waals surface area (Å²) in [5.74, 6) is 1.11. The zero-order chi connectivity index (χ0) is 17.1. The highest BCUT2D eigenvalue weighted by molar-refractivity contribution is 7.98. The number of aryl methyl sites for hydroxylation is 1. The van der Waals surface area contributed by atoms with Crippen LogP contribution in [0.1, 0.15) is 21.5 Å². The van der Waals surface area contributed by atoms with E-state index < -0.39 is 5.91 Å². The lowest BCUT2D eigenvalue weighted by Gasteiger charge is -2.10. The van der Waals surface area contributed by atoms with E-state index in [1.807, 2.05) is 43.3 Å². The van der Waals surface area contributed by atoms with E-state index >= 15 is 0 Å². The Morgan fingerprint density at radius 2 is 2.00 bits per heavy atom. The average molecular weight is 338 g/mol. The van der Waals surface area contributed by atoms with Gasteiger partial charge in [-0.3, -0.25) is 4.79 Å². The Bertz CT molecular complexity index is 909. The number of thioether (sulfide) groups is 1. The summed E-state index contributed by atoms with van der Waals surface area (Å²) < 4.78 is 5.41. The molecule has 0 fully saturated rings. The molecule has 3 aromatic rings. The first kappa shape index (κ1) is 16.3. The van der Waals surface area contributed by atoms with E-state index in [1.165, 1.54) is 5.56 Å². The van der Waals surface area contributed by atoms with Gasteiger partial charge in [0.05, 0.1) is 23.2 Å². The average Bonchev–Trinajstić information content (AvgIpc) is 2.59. The topological polar surface area (TPSA) is 65.2 Å². The second-order valence-corrected chi connectivity index (χ2v) is 6.49. The maximum atomic E-state index is 11.8. The van der Waals surface area contributed by atoms with E-state index in [2.05, 4.69) is 11.1 Å². The lowest BCUT2D eigenvalue weighted by molar-refractivity contribution is 0.100. The van der Waals surface area contributed by atoms with Gasteiger partial charge < -0.3 is 10.5 Å². The number of hydrogen-bond donors (Lipinski definition) is 1. The van der Waals surface area contributed by atoms with Crippen LogP contribution in [0.25, 0.3) is 10.9 Å². The predicted octanol–water partition coefficient (Wildman–Crippen LogP) is 3.94. The van der Waals surface area contributed by atoms with Crippen molar-refractivity contribution in [3.8, 4) is 5.75 Å². The zero-order valence-corrected chi connectivity index (χ0v) is 14.4. The second-order valence-electron chi connectivity index (χ2n) is 5.49. The predicted molar refractivity (Wildman–Crippen MR) is 97.6 cm³/mol. The Kier molecular flexibility index (Phi) is 4.71. The van der Waals surface area contributed by atoms with Crippen LogP contribution >= 0.6 is 11.8 Å². The molecule has 0 spiro atoms. The number of pyridine rings is 1. The third-order valence-electron chi connectivity index (χ3n) is 3.77. The van der Waals surface area contributed by atoms with Gasteiger partial charge in [0.2, 0.25) is 5.91 Å². The van der Waals surface area contributed by atoms with Gasteiger partial charge >= 0.3 is 0 Å². The third-order valence-corrected chi connectivity index (χ3v) is 4.73. The fraction of sp³-hybridized carbons (Fsp3) is 0.158. The Hall–Kier alpha value is -2.53. The van der Waals surface area contributed by atoms with Crippen LogP contribution in [0.2, 0.25) is 0 Å². The molecule has 5 heteroatoms. The number of carbonyl (C=O) groups is 1. The largest absolute Gasteiger partial charge is 0.496 e. The molecule has 0 unspecified atom stereocenters. The quantitative estimate of drug-likeness (QED) is 0.716. The summed E-state index contributed by atoms with van der Waals surface area (Å²) in [5.41, 5.74) is 9.07. The minimum Gasteiger partial charge on any atom is -0.496 e. The maximum Gasteiger partial charge on any atom is 0.249 e. The molecule has 0 radical (unpaired) electrons. The number of hydrogen-bond acceptors (Lipinski definition) is 4. The van der Waals surface area contributed by atoms with Gasteiger partial charge in [-0.2, -0.15) is 0 Å². The molecule has 0 aliphatic rings. The van der Waals surface area contributed by atoms with Crippen molar-refractivity contribution in [2.24, 2.45) is 5.73 Å². The van der Waals surface area contributed by atoms with E-state index in [4.69, 9.17) is 10.5 Å². The van der Waals surface area contributed by atoms with Gasteiger partial charge in [-0.05, 0) is 25.1 Å². The molecule has 2 N–H and O–H groups in total. The fourth-order valence-electron chi connectivity index (χ4n) is 2.60. The van der Waals surface area contributed by atoms with Crippen molar-refractivity contribution in [2.45, 2.75) is 17.7 Å². The molecule has 0 saturated carbocycles. The van der Waals surface area contributed by atoms with Gasteiger partial charge in [-0.25, -0.2) is 4.98 Å². The summed E-state index contributed by atoms with van der Waals surface area (Å²) in [6, 6.07) is 15.4. The number of methoxy groups -OCH3 is 1. The summed E-state index contributed by atoms with van der Waals surface area (Å²) in [5, 5.41) is 1.55. The van der Waals surface area contributed by atoms with Crippen LogP contribution in [0.5, 0.6) is 5.75 Å². The Morgan fingerprint density at radius 3 is 2.75 bits per heavy atom. The monoisotopic (exact) mass is 338 g/mol.